The van der Waals surface area contributed by atoms with Gasteiger partial charge in [-0.25, -0.2) is 4.79 Å². The normalized spacial score (nSPS) is 16.6. The van der Waals surface area contributed by atoms with Gasteiger partial charge in [0.15, 0.2) is 0 Å². The molecule has 32 heavy (non-hydrogen) atoms. The molecule has 0 saturated carbocycles. The first-order chi connectivity index (χ1) is 14.6. The highest BCUT2D eigenvalue weighted by Gasteiger charge is 2.41. The molecule has 1 aliphatic rings. The van der Waals surface area contributed by atoms with Crippen molar-refractivity contribution in [3.8, 4) is 0 Å². The van der Waals surface area contributed by atoms with Crippen LogP contribution in [-0.2, 0) is 31.2 Å². The summed E-state index contributed by atoms with van der Waals surface area (Å²) in [5.74, 6) is -3.01. The summed E-state index contributed by atoms with van der Waals surface area (Å²) in [6, 6.07) is 0.788. The van der Waals surface area contributed by atoms with Gasteiger partial charge in [-0.2, -0.15) is 26.3 Å². The lowest BCUT2D eigenvalue weighted by Crippen LogP contribution is -2.43. The number of carbonyl (C=O) groups excluding carboxylic acids is 1. The highest BCUT2D eigenvalue weighted by molar-refractivity contribution is 5.97. The van der Waals surface area contributed by atoms with E-state index in [4.69, 9.17) is 5.73 Å². The summed E-state index contributed by atoms with van der Waals surface area (Å²) < 4.78 is 82.0. The Morgan fingerprint density at radius 3 is 1.91 bits per heavy atom. The third kappa shape index (κ3) is 3.67. The molecule has 0 saturated heterocycles. The van der Waals surface area contributed by atoms with Crippen molar-refractivity contribution < 1.29 is 31.1 Å². The molecular weight excluding hydrogens is 446 g/mol. The second kappa shape index (κ2) is 7.28. The Balaban J connectivity index is 2.50. The van der Waals surface area contributed by atoms with Crippen molar-refractivity contribution in [2.45, 2.75) is 25.2 Å². The van der Waals surface area contributed by atoms with Gasteiger partial charge in [0.2, 0.25) is 5.91 Å². The van der Waals surface area contributed by atoms with Gasteiger partial charge in [-0.15, -0.1) is 0 Å². The molecule has 3 rings (SSSR count). The molecular formula is C19H16F6N4O3. The summed E-state index contributed by atoms with van der Waals surface area (Å²) in [7, 11) is 2.34. The van der Waals surface area contributed by atoms with Crippen LogP contribution in [0.25, 0.3) is 0 Å². The van der Waals surface area contributed by atoms with Crippen molar-refractivity contribution in [2.24, 2.45) is 19.8 Å². The standard InChI is InChI=1S/C19H16F6N4O3/c1-7-11(14(26)30)12(13-15(27-7)28(2)17(32)29(3)16(13)31)8-4-9(18(20,21)22)6-10(5-8)19(23,24)25/h4-6,12,27H,1-3H3,(H2,26,30). The highest BCUT2D eigenvalue weighted by Crippen LogP contribution is 2.43. The van der Waals surface area contributed by atoms with Crippen molar-refractivity contribution in [3.05, 3.63) is 72.6 Å². The second-order valence-electron chi connectivity index (χ2n) is 7.27. The van der Waals surface area contributed by atoms with E-state index >= 15 is 0 Å². The third-order valence-electron chi connectivity index (χ3n) is 5.20. The molecule has 172 valence electrons. The summed E-state index contributed by atoms with van der Waals surface area (Å²) in [5.41, 5.74) is -1.09. The first-order valence-corrected chi connectivity index (χ1v) is 8.92. The van der Waals surface area contributed by atoms with Crippen LogP contribution in [0, 0.1) is 0 Å². The van der Waals surface area contributed by atoms with E-state index in [2.05, 4.69) is 5.32 Å². The van der Waals surface area contributed by atoms with E-state index in [0.717, 1.165) is 11.6 Å². The Hall–Kier alpha value is -3.51. The molecule has 1 unspecified atom stereocenters. The van der Waals surface area contributed by atoms with Crippen LogP contribution in [0.3, 0.4) is 0 Å². The first-order valence-electron chi connectivity index (χ1n) is 8.92. The van der Waals surface area contributed by atoms with Gasteiger partial charge in [0.25, 0.3) is 5.56 Å². The summed E-state index contributed by atoms with van der Waals surface area (Å²) in [6.07, 6.45) is -10.3. The number of alkyl halides is 6. The Kier molecular flexibility index (Phi) is 5.27. The predicted octanol–water partition coefficient (Wildman–Crippen LogP) is 2.44. The fourth-order valence-electron chi connectivity index (χ4n) is 3.69. The maximum absolute atomic E-state index is 13.4. The maximum atomic E-state index is 13.4. The number of fused-ring (bicyclic) bond motifs is 1. The van der Waals surface area contributed by atoms with Gasteiger partial charge >= 0.3 is 18.0 Å². The summed E-state index contributed by atoms with van der Waals surface area (Å²) >= 11 is 0. The summed E-state index contributed by atoms with van der Waals surface area (Å²) in [5, 5.41) is 2.64. The molecule has 0 bridgehead atoms. The maximum Gasteiger partial charge on any atom is 0.416 e. The van der Waals surface area contributed by atoms with E-state index in [1.54, 1.807) is 0 Å². The topological polar surface area (TPSA) is 99.1 Å². The Morgan fingerprint density at radius 1 is 0.969 bits per heavy atom. The fourth-order valence-corrected chi connectivity index (χ4v) is 3.69. The smallest absolute Gasteiger partial charge is 0.366 e. The van der Waals surface area contributed by atoms with E-state index in [1.807, 2.05) is 0 Å². The molecule has 3 N–H and O–H groups in total. The Bertz CT molecular complexity index is 1250. The molecule has 13 heteroatoms. The van der Waals surface area contributed by atoms with Crippen LogP contribution < -0.4 is 22.3 Å². The van der Waals surface area contributed by atoms with Crippen LogP contribution in [0.5, 0.6) is 0 Å². The summed E-state index contributed by atoms with van der Waals surface area (Å²) in [4.78, 5) is 37.4. The monoisotopic (exact) mass is 462 g/mol. The first kappa shape index (κ1) is 23.2. The minimum Gasteiger partial charge on any atom is -0.366 e. The number of allylic oxidation sites excluding steroid dienone is 1. The molecule has 2 heterocycles. The van der Waals surface area contributed by atoms with E-state index in [9.17, 15) is 40.7 Å². The molecule has 0 spiro atoms. The number of primary amides is 1. The lowest BCUT2D eigenvalue weighted by Gasteiger charge is -2.31. The number of nitrogens with two attached hydrogens (primary N) is 1. The molecule has 1 atom stereocenters. The molecule has 0 radical (unpaired) electrons. The molecule has 7 nitrogen and oxygen atoms in total. The number of amides is 1. The number of rotatable bonds is 2. The number of hydrogen-bond donors (Lipinski definition) is 2. The van der Waals surface area contributed by atoms with E-state index in [-0.39, 0.29) is 23.1 Å². The van der Waals surface area contributed by atoms with Crippen molar-refractivity contribution >= 4 is 11.7 Å². The molecule has 1 aromatic carbocycles. The average molecular weight is 462 g/mol. The van der Waals surface area contributed by atoms with E-state index in [1.165, 1.54) is 14.0 Å². The average Bonchev–Trinajstić information content (AvgIpc) is 2.67. The van der Waals surface area contributed by atoms with Gasteiger partial charge in [0.05, 0.1) is 22.6 Å². The number of anilines is 1. The zero-order valence-corrected chi connectivity index (χ0v) is 16.8. The van der Waals surface area contributed by atoms with Gasteiger partial charge < -0.3 is 11.1 Å². The minimum absolute atomic E-state index is 0.0239. The highest BCUT2D eigenvalue weighted by atomic mass is 19.4. The molecule has 1 aromatic heterocycles. The quantitative estimate of drug-likeness (QED) is 0.670. The van der Waals surface area contributed by atoms with Gasteiger partial charge in [0, 0.05) is 25.4 Å². The Labute approximate surface area is 175 Å². The number of aromatic nitrogens is 2. The van der Waals surface area contributed by atoms with Gasteiger partial charge in [-0.05, 0) is 30.7 Å². The van der Waals surface area contributed by atoms with Crippen LogP contribution in [-0.4, -0.2) is 15.0 Å². The van der Waals surface area contributed by atoms with Crippen molar-refractivity contribution in [3.63, 3.8) is 0 Å². The fraction of sp³-hybridized carbons (Fsp3) is 0.316. The zero-order chi connectivity index (χ0) is 24.3. The summed E-state index contributed by atoms with van der Waals surface area (Å²) in [6.45, 7) is 1.30. The van der Waals surface area contributed by atoms with E-state index < -0.39 is 57.7 Å². The van der Waals surface area contributed by atoms with Gasteiger partial charge in [-0.1, -0.05) is 0 Å². The number of nitrogens with zero attached hydrogens (tertiary/aromatic N) is 2. The largest absolute Gasteiger partial charge is 0.416 e. The van der Waals surface area contributed by atoms with Crippen LogP contribution in [0.1, 0.15) is 35.1 Å². The molecule has 0 fully saturated rings. The number of nitrogens with one attached hydrogen (secondary N) is 1. The SMILES string of the molecule is CC1=C(C(N)=O)C(c2cc(C(F)(F)F)cc(C(F)(F)F)c2)c2c(n(C)c(=O)n(C)c2=O)N1. The molecule has 1 aliphatic heterocycles. The lowest BCUT2D eigenvalue weighted by atomic mass is 9.80. The van der Waals surface area contributed by atoms with Crippen LogP contribution in [0.15, 0.2) is 39.1 Å². The molecule has 2 aromatic rings. The second-order valence-corrected chi connectivity index (χ2v) is 7.27. The lowest BCUT2D eigenvalue weighted by molar-refractivity contribution is -0.143. The van der Waals surface area contributed by atoms with Gasteiger partial charge in [0.1, 0.15) is 5.82 Å². The minimum atomic E-state index is -5.15. The predicted molar refractivity (Wildman–Crippen MR) is 101 cm³/mol. The molecule has 1 amide bonds. The van der Waals surface area contributed by atoms with Crippen LogP contribution in [0.2, 0.25) is 0 Å². The van der Waals surface area contributed by atoms with Crippen molar-refractivity contribution in [1.82, 2.24) is 9.13 Å². The van der Waals surface area contributed by atoms with Gasteiger partial charge in [-0.3, -0.25) is 18.7 Å². The molecule has 0 aliphatic carbocycles. The van der Waals surface area contributed by atoms with Crippen LogP contribution >= 0.6 is 0 Å². The number of carbonyl (C=O) groups is 1. The number of benzene rings is 1. The van der Waals surface area contributed by atoms with Crippen LogP contribution in [0.4, 0.5) is 32.2 Å². The van der Waals surface area contributed by atoms with E-state index in [0.29, 0.717) is 16.7 Å². The number of hydrogen-bond acceptors (Lipinski definition) is 4. The Morgan fingerprint density at radius 2 is 1.47 bits per heavy atom. The third-order valence-corrected chi connectivity index (χ3v) is 5.20. The number of halogens is 6. The van der Waals surface area contributed by atoms with Crippen molar-refractivity contribution in [1.29, 1.82) is 0 Å². The zero-order valence-electron chi connectivity index (χ0n) is 16.8. The van der Waals surface area contributed by atoms with Crippen molar-refractivity contribution in [2.75, 3.05) is 5.32 Å².